The molecule has 0 aliphatic rings. The Morgan fingerprint density at radius 3 is 2.61 bits per heavy atom. The zero-order valence-corrected chi connectivity index (χ0v) is 15.8. The second-order valence-corrected chi connectivity index (χ2v) is 7.74. The van der Waals surface area contributed by atoms with Crippen molar-refractivity contribution >= 4 is 27.6 Å². The van der Waals surface area contributed by atoms with E-state index in [1.807, 2.05) is 0 Å². The Morgan fingerprint density at radius 1 is 1.25 bits per heavy atom. The van der Waals surface area contributed by atoms with Crippen molar-refractivity contribution in [2.24, 2.45) is 0 Å². The predicted molar refractivity (Wildman–Crippen MR) is 94.8 cm³/mol. The maximum Gasteiger partial charge on any atom is 0.325 e. The van der Waals surface area contributed by atoms with Crippen molar-refractivity contribution in [3.8, 4) is 0 Å². The highest BCUT2D eigenvalue weighted by molar-refractivity contribution is 7.88. The normalized spacial score (nSPS) is 11.2. The van der Waals surface area contributed by atoms with E-state index < -0.39 is 33.4 Å². The van der Waals surface area contributed by atoms with Gasteiger partial charge in [-0.25, -0.2) is 12.7 Å². The summed E-state index contributed by atoms with van der Waals surface area (Å²) in [5, 5.41) is 12.7. The van der Waals surface area contributed by atoms with E-state index in [0.29, 0.717) is 0 Å². The smallest absolute Gasteiger partial charge is 0.325 e. The fourth-order valence-corrected chi connectivity index (χ4v) is 2.78. The first-order chi connectivity index (χ1) is 13.1. The number of nitrogens with zero attached hydrogens (tertiary/aromatic N) is 2. The van der Waals surface area contributed by atoms with Crippen LogP contribution >= 0.6 is 0 Å². The molecule has 0 bridgehead atoms. The van der Waals surface area contributed by atoms with Crippen LogP contribution in [0.1, 0.15) is 16.1 Å². The van der Waals surface area contributed by atoms with Gasteiger partial charge in [0, 0.05) is 31.8 Å². The molecular weight excluding hydrogens is 394 g/mol. The lowest BCUT2D eigenvalue weighted by atomic mass is 10.2. The average Bonchev–Trinajstić information content (AvgIpc) is 3.14. The first-order valence-corrected chi connectivity index (χ1v) is 9.25. The summed E-state index contributed by atoms with van der Waals surface area (Å²) in [5.41, 5.74) is -0.233. The van der Waals surface area contributed by atoms with Gasteiger partial charge in [-0.3, -0.25) is 19.7 Å². The molecule has 11 nitrogen and oxygen atoms in total. The Balaban J connectivity index is 1.87. The van der Waals surface area contributed by atoms with E-state index in [-0.39, 0.29) is 28.7 Å². The van der Waals surface area contributed by atoms with Gasteiger partial charge in [-0.2, -0.15) is 0 Å². The average molecular weight is 411 g/mol. The molecule has 1 amide bonds. The number of furan rings is 1. The number of carbonyl (C=O) groups is 2. The van der Waals surface area contributed by atoms with Gasteiger partial charge in [-0.15, -0.1) is 0 Å². The van der Waals surface area contributed by atoms with Crippen LogP contribution in [0.5, 0.6) is 0 Å². The van der Waals surface area contributed by atoms with Gasteiger partial charge < -0.3 is 14.5 Å². The lowest BCUT2D eigenvalue weighted by Crippen LogP contribution is -2.30. The molecule has 0 spiro atoms. The molecule has 0 saturated heterocycles. The first-order valence-electron chi connectivity index (χ1n) is 7.81. The first kappa shape index (κ1) is 21.1. The van der Waals surface area contributed by atoms with Crippen molar-refractivity contribution in [1.29, 1.82) is 0 Å². The van der Waals surface area contributed by atoms with Gasteiger partial charge in [0.2, 0.25) is 5.09 Å². The Morgan fingerprint density at radius 2 is 1.96 bits per heavy atom. The third-order valence-corrected chi connectivity index (χ3v) is 5.15. The standard InChI is InChI=1S/C16H17N3O8S/c1-18(2)28(24,25)15-7-6-13(27-15)10-26-14(20)9-17-16(21)11-4-3-5-12(8-11)19(22)23/h3-8H,9-10H2,1-2H3,(H,17,21). The van der Waals surface area contributed by atoms with Gasteiger partial charge >= 0.3 is 5.97 Å². The number of sulfonamides is 1. The summed E-state index contributed by atoms with van der Waals surface area (Å²) in [5.74, 6) is -1.37. The number of nitrogens with one attached hydrogen (secondary N) is 1. The van der Waals surface area contributed by atoms with Crippen LogP contribution in [0, 0.1) is 10.1 Å². The van der Waals surface area contributed by atoms with E-state index in [0.717, 1.165) is 10.4 Å². The van der Waals surface area contributed by atoms with E-state index in [1.165, 1.54) is 44.4 Å². The van der Waals surface area contributed by atoms with E-state index in [4.69, 9.17) is 9.15 Å². The molecule has 2 rings (SSSR count). The topological polar surface area (TPSA) is 149 Å². The van der Waals surface area contributed by atoms with Crippen molar-refractivity contribution in [2.75, 3.05) is 20.6 Å². The summed E-state index contributed by atoms with van der Waals surface area (Å²) >= 11 is 0. The molecule has 0 aliphatic carbocycles. The number of non-ortho nitro benzene ring substituents is 1. The van der Waals surface area contributed by atoms with E-state index in [9.17, 15) is 28.1 Å². The lowest BCUT2D eigenvalue weighted by molar-refractivity contribution is -0.384. The molecule has 0 radical (unpaired) electrons. The molecule has 0 atom stereocenters. The second-order valence-electron chi connectivity index (χ2n) is 5.66. The number of rotatable bonds is 8. The number of benzene rings is 1. The molecule has 2 aromatic rings. The highest BCUT2D eigenvalue weighted by atomic mass is 32.2. The summed E-state index contributed by atoms with van der Waals surface area (Å²) in [6.07, 6.45) is 0. The minimum absolute atomic E-state index is 0.0200. The Kier molecular flexibility index (Phi) is 6.49. The maximum atomic E-state index is 11.9. The quantitative estimate of drug-likeness (QED) is 0.383. The Bertz CT molecular complexity index is 997. The van der Waals surface area contributed by atoms with E-state index in [1.54, 1.807) is 0 Å². The highest BCUT2D eigenvalue weighted by Gasteiger charge is 2.22. The minimum Gasteiger partial charge on any atom is -0.456 e. The van der Waals surface area contributed by atoms with Gasteiger partial charge in [0.1, 0.15) is 18.9 Å². The lowest BCUT2D eigenvalue weighted by Gasteiger charge is -2.08. The van der Waals surface area contributed by atoms with E-state index >= 15 is 0 Å². The third-order valence-electron chi connectivity index (χ3n) is 3.46. The van der Waals surface area contributed by atoms with Crippen molar-refractivity contribution in [1.82, 2.24) is 9.62 Å². The summed E-state index contributed by atoms with van der Waals surface area (Å²) in [4.78, 5) is 33.7. The number of hydrogen-bond acceptors (Lipinski definition) is 8. The minimum atomic E-state index is -3.74. The van der Waals surface area contributed by atoms with Crippen LogP contribution in [0.25, 0.3) is 0 Å². The highest BCUT2D eigenvalue weighted by Crippen LogP contribution is 2.17. The number of ether oxygens (including phenoxy) is 1. The van der Waals surface area contributed by atoms with Crippen molar-refractivity contribution < 1.29 is 32.1 Å². The van der Waals surface area contributed by atoms with Crippen LogP contribution in [-0.4, -0.2) is 50.2 Å². The van der Waals surface area contributed by atoms with E-state index in [2.05, 4.69) is 5.32 Å². The maximum absolute atomic E-state index is 11.9. The number of nitro benzene ring substituents is 1. The predicted octanol–water partition coefficient (Wildman–Crippen LogP) is 0.911. The zero-order chi connectivity index (χ0) is 20.9. The molecule has 150 valence electrons. The van der Waals surface area contributed by atoms with Crippen molar-refractivity contribution in [3.05, 3.63) is 57.8 Å². The van der Waals surface area contributed by atoms with Crippen LogP contribution in [0.15, 0.2) is 45.9 Å². The molecule has 0 fully saturated rings. The number of nitro groups is 1. The number of carbonyl (C=O) groups excluding carboxylic acids is 2. The third kappa shape index (κ3) is 5.14. The van der Waals surface area contributed by atoms with Crippen LogP contribution in [0.2, 0.25) is 0 Å². The molecule has 1 aromatic heterocycles. The molecule has 0 unspecified atom stereocenters. The molecule has 0 aliphatic heterocycles. The van der Waals surface area contributed by atoms with Crippen LogP contribution in [0.4, 0.5) is 5.69 Å². The number of hydrogen-bond donors (Lipinski definition) is 1. The van der Waals surface area contributed by atoms with Crippen LogP contribution < -0.4 is 5.32 Å². The van der Waals surface area contributed by atoms with Crippen LogP contribution in [0.3, 0.4) is 0 Å². The fourth-order valence-electron chi connectivity index (χ4n) is 1.97. The molecule has 12 heteroatoms. The Hall–Kier alpha value is -3.25. The summed E-state index contributed by atoms with van der Waals surface area (Å²) < 4.78 is 34.8. The SMILES string of the molecule is CN(C)S(=O)(=O)c1ccc(COC(=O)CNC(=O)c2cccc([N+](=O)[O-])c2)o1. The van der Waals surface area contributed by atoms with Gasteiger partial charge in [0.25, 0.3) is 21.6 Å². The van der Waals surface area contributed by atoms with Gasteiger partial charge in [0.05, 0.1) is 4.92 Å². The number of amides is 1. The largest absolute Gasteiger partial charge is 0.456 e. The molecular formula is C16H17N3O8S. The molecule has 28 heavy (non-hydrogen) atoms. The fraction of sp³-hybridized carbons (Fsp3) is 0.250. The van der Waals surface area contributed by atoms with Crippen molar-refractivity contribution in [3.63, 3.8) is 0 Å². The molecule has 1 heterocycles. The monoisotopic (exact) mass is 411 g/mol. The van der Waals surface area contributed by atoms with Crippen molar-refractivity contribution in [2.45, 2.75) is 11.7 Å². The second kappa shape index (κ2) is 8.63. The molecule has 0 saturated carbocycles. The molecule has 1 N–H and O–H groups in total. The van der Waals surface area contributed by atoms with Gasteiger partial charge in [-0.05, 0) is 18.2 Å². The zero-order valence-electron chi connectivity index (χ0n) is 14.9. The molecule has 1 aromatic carbocycles. The summed E-state index contributed by atoms with van der Waals surface area (Å²) in [7, 11) is -1.04. The Labute approximate surface area is 160 Å². The number of esters is 1. The van der Waals surface area contributed by atoms with Gasteiger partial charge in [0.15, 0.2) is 0 Å². The summed E-state index contributed by atoms with van der Waals surface area (Å²) in [6.45, 7) is -0.806. The van der Waals surface area contributed by atoms with Gasteiger partial charge in [-0.1, -0.05) is 6.07 Å². The summed E-state index contributed by atoms with van der Waals surface area (Å²) in [6, 6.07) is 7.62. The van der Waals surface area contributed by atoms with Crippen LogP contribution in [-0.2, 0) is 26.2 Å².